The van der Waals surface area contributed by atoms with Gasteiger partial charge in [-0.1, -0.05) is 12.1 Å². The van der Waals surface area contributed by atoms with Crippen molar-refractivity contribution in [1.29, 1.82) is 0 Å². The van der Waals surface area contributed by atoms with E-state index < -0.39 is 0 Å². The lowest BCUT2D eigenvalue weighted by molar-refractivity contribution is -0.121. The van der Waals surface area contributed by atoms with Crippen LogP contribution in [0.2, 0.25) is 0 Å². The van der Waals surface area contributed by atoms with Gasteiger partial charge in [0.25, 0.3) is 0 Å². The predicted octanol–water partition coefficient (Wildman–Crippen LogP) is 3.51. The summed E-state index contributed by atoms with van der Waals surface area (Å²) in [5, 5.41) is 3.64. The molecule has 0 unspecified atom stereocenters. The van der Waals surface area contributed by atoms with Crippen LogP contribution in [0.15, 0.2) is 48.5 Å². The summed E-state index contributed by atoms with van der Waals surface area (Å²) in [6.07, 6.45) is 0.684. The molecular weight excluding hydrogens is 359 g/mol. The van der Waals surface area contributed by atoms with E-state index in [9.17, 15) is 9.18 Å². The fraction of sp³-hybridized carbons (Fsp3) is 0.190. The predicted molar refractivity (Wildman–Crippen MR) is 105 cm³/mol. The number of aromatic amines is 1. The summed E-state index contributed by atoms with van der Waals surface area (Å²) < 4.78 is 18.6. The minimum Gasteiger partial charge on any atom is -0.480 e. The fourth-order valence-electron chi connectivity index (χ4n) is 3.12. The molecule has 0 aliphatic heterocycles. The van der Waals surface area contributed by atoms with Crippen molar-refractivity contribution in [3.05, 3.63) is 65.7 Å². The molecular formula is C21H19FN4O2. The van der Waals surface area contributed by atoms with Gasteiger partial charge < -0.3 is 15.0 Å². The lowest BCUT2D eigenvalue weighted by Gasteiger charge is -2.08. The molecule has 2 aromatic carbocycles. The molecule has 2 heterocycles. The van der Waals surface area contributed by atoms with Crippen LogP contribution in [-0.4, -0.2) is 28.0 Å². The molecule has 4 rings (SSSR count). The quantitative estimate of drug-likeness (QED) is 0.538. The third-order valence-electron chi connectivity index (χ3n) is 4.50. The molecule has 0 saturated heterocycles. The van der Waals surface area contributed by atoms with Gasteiger partial charge in [-0.05, 0) is 36.4 Å². The maximum atomic E-state index is 13.3. The van der Waals surface area contributed by atoms with Crippen molar-refractivity contribution in [2.75, 3.05) is 7.11 Å². The number of hydrogen-bond acceptors (Lipinski definition) is 4. The second-order valence-electron chi connectivity index (χ2n) is 6.47. The Balaban J connectivity index is 1.39. The van der Waals surface area contributed by atoms with Gasteiger partial charge in [0, 0.05) is 29.4 Å². The first-order valence-corrected chi connectivity index (χ1v) is 8.96. The van der Waals surface area contributed by atoms with Gasteiger partial charge in [-0.15, -0.1) is 0 Å². The Kier molecular flexibility index (Phi) is 4.89. The zero-order valence-electron chi connectivity index (χ0n) is 15.3. The number of aromatic nitrogens is 3. The number of halogens is 1. The van der Waals surface area contributed by atoms with Gasteiger partial charge >= 0.3 is 0 Å². The second kappa shape index (κ2) is 7.64. The van der Waals surface area contributed by atoms with E-state index in [2.05, 4.69) is 20.3 Å². The molecule has 2 N–H and O–H groups in total. The smallest absolute Gasteiger partial charge is 0.235 e. The third kappa shape index (κ3) is 3.78. The lowest BCUT2D eigenvalue weighted by Crippen LogP contribution is -2.23. The average Bonchev–Trinajstić information content (AvgIpc) is 3.11. The number of aryl methyl sites for hydroxylation is 1. The van der Waals surface area contributed by atoms with E-state index in [1.165, 1.54) is 12.1 Å². The molecule has 0 fully saturated rings. The molecule has 2 aromatic heterocycles. The first kappa shape index (κ1) is 17.9. The van der Waals surface area contributed by atoms with E-state index in [0.717, 1.165) is 27.6 Å². The number of amides is 1. The highest BCUT2D eigenvalue weighted by Crippen LogP contribution is 2.20. The topological polar surface area (TPSA) is 79.9 Å². The van der Waals surface area contributed by atoms with E-state index in [1.54, 1.807) is 13.2 Å². The van der Waals surface area contributed by atoms with Crippen molar-refractivity contribution in [2.24, 2.45) is 0 Å². The summed E-state index contributed by atoms with van der Waals surface area (Å²) in [5.74, 6) is 0.0403. The molecule has 6 nitrogen and oxygen atoms in total. The van der Waals surface area contributed by atoms with Crippen LogP contribution in [0, 0.1) is 5.82 Å². The molecule has 0 atom stereocenters. The number of para-hydroxylation sites is 2. The molecule has 0 saturated carbocycles. The van der Waals surface area contributed by atoms with Crippen LogP contribution in [-0.2, 0) is 17.8 Å². The second-order valence-corrected chi connectivity index (χ2v) is 6.47. The van der Waals surface area contributed by atoms with Crippen LogP contribution < -0.4 is 10.1 Å². The van der Waals surface area contributed by atoms with Crippen molar-refractivity contribution in [2.45, 2.75) is 19.4 Å². The van der Waals surface area contributed by atoms with Gasteiger partial charge in [-0.2, -0.15) is 0 Å². The Morgan fingerprint density at radius 2 is 1.93 bits per heavy atom. The van der Waals surface area contributed by atoms with E-state index >= 15 is 0 Å². The Bertz CT molecular complexity index is 1160. The number of nitrogens with zero attached hydrogens (tertiary/aromatic N) is 2. The number of fused-ring (bicyclic) bond motifs is 2. The van der Waals surface area contributed by atoms with Gasteiger partial charge in [0.15, 0.2) is 0 Å². The largest absolute Gasteiger partial charge is 0.480 e. The number of carbonyl (C=O) groups is 1. The van der Waals surface area contributed by atoms with Crippen molar-refractivity contribution in [3.63, 3.8) is 0 Å². The van der Waals surface area contributed by atoms with Gasteiger partial charge in [-0.25, -0.2) is 14.4 Å². The SMILES string of the molecule is COc1nc2ccccc2nc1CCC(=O)NCc1cc2cc(F)ccc2[nH]1. The third-order valence-corrected chi connectivity index (χ3v) is 4.50. The van der Waals surface area contributed by atoms with Gasteiger partial charge in [-0.3, -0.25) is 4.79 Å². The number of ether oxygens (including phenoxy) is 1. The van der Waals surface area contributed by atoms with E-state index in [4.69, 9.17) is 4.74 Å². The number of benzene rings is 2. The first-order chi connectivity index (χ1) is 13.6. The molecule has 7 heteroatoms. The molecule has 0 aliphatic carbocycles. The Hall–Kier alpha value is -3.48. The molecule has 0 spiro atoms. The first-order valence-electron chi connectivity index (χ1n) is 8.96. The van der Waals surface area contributed by atoms with Crippen LogP contribution in [0.3, 0.4) is 0 Å². The number of hydrogen-bond donors (Lipinski definition) is 2. The minimum absolute atomic E-state index is 0.109. The van der Waals surface area contributed by atoms with Crippen LogP contribution >= 0.6 is 0 Å². The number of nitrogens with one attached hydrogen (secondary N) is 2. The molecule has 28 heavy (non-hydrogen) atoms. The zero-order valence-corrected chi connectivity index (χ0v) is 15.3. The maximum absolute atomic E-state index is 13.3. The molecule has 4 aromatic rings. The summed E-state index contributed by atoms with van der Waals surface area (Å²) >= 11 is 0. The van der Waals surface area contributed by atoms with Crippen molar-refractivity contribution < 1.29 is 13.9 Å². The number of rotatable bonds is 6. The number of methoxy groups -OCH3 is 1. The van der Waals surface area contributed by atoms with Gasteiger partial charge in [0.05, 0.1) is 24.7 Å². The Morgan fingerprint density at radius 3 is 2.71 bits per heavy atom. The summed E-state index contributed by atoms with van der Waals surface area (Å²) in [7, 11) is 1.54. The molecule has 0 bridgehead atoms. The van der Waals surface area contributed by atoms with Crippen LogP contribution in [0.4, 0.5) is 4.39 Å². The van der Waals surface area contributed by atoms with Gasteiger partial charge in [0.1, 0.15) is 11.5 Å². The van der Waals surface area contributed by atoms with E-state index in [0.29, 0.717) is 24.5 Å². The maximum Gasteiger partial charge on any atom is 0.235 e. The highest BCUT2D eigenvalue weighted by Gasteiger charge is 2.12. The lowest BCUT2D eigenvalue weighted by atomic mass is 10.2. The van der Waals surface area contributed by atoms with Crippen molar-refractivity contribution in [1.82, 2.24) is 20.3 Å². The van der Waals surface area contributed by atoms with Crippen LogP contribution in [0.5, 0.6) is 5.88 Å². The van der Waals surface area contributed by atoms with Gasteiger partial charge in [0.2, 0.25) is 11.8 Å². The summed E-state index contributed by atoms with van der Waals surface area (Å²) in [6.45, 7) is 0.343. The molecule has 1 amide bonds. The molecule has 0 radical (unpaired) electrons. The Labute approximate surface area is 160 Å². The van der Waals surface area contributed by atoms with Crippen molar-refractivity contribution >= 4 is 27.8 Å². The van der Waals surface area contributed by atoms with Crippen LogP contribution in [0.25, 0.3) is 21.9 Å². The highest BCUT2D eigenvalue weighted by atomic mass is 19.1. The number of carbonyl (C=O) groups excluding carboxylic acids is 1. The summed E-state index contributed by atoms with van der Waals surface area (Å²) in [5.41, 5.74) is 3.82. The normalized spacial score (nSPS) is 11.1. The summed E-state index contributed by atoms with van der Waals surface area (Å²) in [4.78, 5) is 24.4. The Morgan fingerprint density at radius 1 is 1.14 bits per heavy atom. The molecule has 142 valence electrons. The molecule has 0 aliphatic rings. The van der Waals surface area contributed by atoms with Crippen LogP contribution in [0.1, 0.15) is 17.8 Å². The van der Waals surface area contributed by atoms with Crippen molar-refractivity contribution in [3.8, 4) is 5.88 Å². The monoisotopic (exact) mass is 378 g/mol. The zero-order chi connectivity index (χ0) is 19.5. The average molecular weight is 378 g/mol. The standard InChI is InChI=1S/C21H19FN4O2/c1-28-21-19(25-17-4-2-3-5-18(17)26-21)8-9-20(27)23-12-15-11-13-10-14(22)6-7-16(13)24-15/h2-7,10-11,24H,8-9,12H2,1H3,(H,23,27). The highest BCUT2D eigenvalue weighted by molar-refractivity contribution is 5.81. The van der Waals surface area contributed by atoms with E-state index in [1.807, 2.05) is 30.3 Å². The fourth-order valence-corrected chi connectivity index (χ4v) is 3.12. The number of H-pyrrole nitrogens is 1. The summed E-state index contributed by atoms with van der Waals surface area (Å²) in [6, 6.07) is 13.9. The van der Waals surface area contributed by atoms with E-state index in [-0.39, 0.29) is 18.1 Å². The minimum atomic E-state index is -0.285.